The average molecular weight is 610 g/mol. The maximum absolute atomic E-state index is 13.2. The average Bonchev–Trinajstić information content (AvgIpc) is 2.96. The first kappa shape index (κ1) is 29.6. The fourth-order valence-corrected chi connectivity index (χ4v) is 5.54. The Hall–Kier alpha value is -3.37. The van der Waals surface area contributed by atoms with Crippen LogP contribution in [0, 0.1) is 0 Å². The molecule has 0 amide bonds. The van der Waals surface area contributed by atoms with Gasteiger partial charge in [-0.05, 0) is 72.8 Å². The summed E-state index contributed by atoms with van der Waals surface area (Å²) in [6.07, 6.45) is 1.07. The molecule has 4 rings (SSSR count). The predicted molar refractivity (Wildman–Crippen MR) is 161 cm³/mol. The minimum atomic E-state index is -3.87. The molecule has 0 radical (unpaired) electrons. The molecule has 204 valence electrons. The SMILES string of the molecule is CS(=O)(=O)O/N=C(\CCSc1ccc(Cl)cc1)C(=O)c1ccc(Sc2ccc(C(=O)c3ccccc3)cc2)cc1. The van der Waals surface area contributed by atoms with Gasteiger partial charge < -0.3 is 0 Å². The van der Waals surface area contributed by atoms with Crippen LogP contribution < -0.4 is 0 Å². The number of benzene rings is 4. The third kappa shape index (κ3) is 8.82. The molecule has 0 atom stereocenters. The summed E-state index contributed by atoms with van der Waals surface area (Å²) in [5.74, 6) is 0.0281. The monoisotopic (exact) mass is 609 g/mol. The lowest BCUT2D eigenvalue weighted by Gasteiger charge is -2.08. The Kier molecular flexibility index (Phi) is 10.2. The number of carbonyl (C=O) groups is 2. The summed E-state index contributed by atoms with van der Waals surface area (Å²) < 4.78 is 27.6. The zero-order valence-corrected chi connectivity index (χ0v) is 24.5. The van der Waals surface area contributed by atoms with Gasteiger partial charge in [0.25, 0.3) is 0 Å². The van der Waals surface area contributed by atoms with Crippen LogP contribution in [0.25, 0.3) is 0 Å². The Bertz CT molecular complexity index is 1610. The van der Waals surface area contributed by atoms with Gasteiger partial charge in [0.15, 0.2) is 5.78 Å². The van der Waals surface area contributed by atoms with Gasteiger partial charge in [-0.25, -0.2) is 0 Å². The molecular formula is C30H24ClNO5S3. The largest absolute Gasteiger partial charge is 0.325 e. The van der Waals surface area contributed by atoms with Crippen molar-refractivity contribution in [1.29, 1.82) is 0 Å². The molecule has 0 N–H and O–H groups in total. The molecule has 0 aromatic heterocycles. The number of hydrogen-bond acceptors (Lipinski definition) is 8. The molecule has 6 nitrogen and oxygen atoms in total. The Morgan fingerprint density at radius 3 is 1.85 bits per heavy atom. The second-order valence-electron chi connectivity index (χ2n) is 8.54. The molecule has 0 heterocycles. The standard InChI is InChI=1S/C30H24ClNO5S3/c1-40(35,36)37-32-28(19-20-38-25-17-11-24(31)12-18-25)30(34)23-9-15-27(16-10-23)39-26-13-7-22(8-14-26)29(33)21-5-3-2-4-6-21/h2-18H,19-20H2,1H3/b32-28+. The quantitative estimate of drug-likeness (QED) is 0.0714. The van der Waals surface area contributed by atoms with Crippen molar-refractivity contribution in [2.45, 2.75) is 21.1 Å². The van der Waals surface area contributed by atoms with E-state index in [0.717, 1.165) is 20.9 Å². The molecule has 10 heteroatoms. The van der Waals surface area contributed by atoms with Crippen LogP contribution in [0.1, 0.15) is 32.7 Å². The van der Waals surface area contributed by atoms with E-state index in [2.05, 4.69) is 9.44 Å². The van der Waals surface area contributed by atoms with E-state index in [4.69, 9.17) is 11.6 Å². The zero-order chi connectivity index (χ0) is 28.5. The van der Waals surface area contributed by atoms with Crippen LogP contribution in [0.4, 0.5) is 0 Å². The van der Waals surface area contributed by atoms with E-state index < -0.39 is 15.9 Å². The van der Waals surface area contributed by atoms with Crippen molar-refractivity contribution in [3.63, 3.8) is 0 Å². The van der Waals surface area contributed by atoms with Crippen molar-refractivity contribution in [2.75, 3.05) is 12.0 Å². The number of halogens is 1. The van der Waals surface area contributed by atoms with Gasteiger partial charge in [-0.2, -0.15) is 8.42 Å². The molecule has 40 heavy (non-hydrogen) atoms. The van der Waals surface area contributed by atoms with Crippen LogP contribution in [0.5, 0.6) is 0 Å². The Labute approximate surface area is 246 Å². The molecule has 0 aliphatic carbocycles. The van der Waals surface area contributed by atoms with Crippen LogP contribution in [-0.4, -0.2) is 37.7 Å². The van der Waals surface area contributed by atoms with Crippen LogP contribution in [-0.2, 0) is 14.4 Å². The van der Waals surface area contributed by atoms with Crippen molar-refractivity contribution < 1.29 is 22.3 Å². The number of nitrogens with zero attached hydrogens (tertiary/aromatic N) is 1. The van der Waals surface area contributed by atoms with Gasteiger partial charge >= 0.3 is 10.1 Å². The molecule has 0 fully saturated rings. The van der Waals surface area contributed by atoms with E-state index in [1.54, 1.807) is 60.7 Å². The molecule has 0 saturated heterocycles. The first-order valence-corrected chi connectivity index (χ1v) is 16.0. The van der Waals surface area contributed by atoms with Gasteiger partial charge in [-0.3, -0.25) is 13.9 Å². The predicted octanol–water partition coefficient (Wildman–Crippen LogP) is 7.42. The lowest BCUT2D eigenvalue weighted by molar-refractivity contribution is 0.103. The third-order valence-corrected chi connectivity index (χ3v) is 8.10. The van der Waals surface area contributed by atoms with Gasteiger partial charge in [-0.1, -0.05) is 58.9 Å². The molecule has 4 aromatic carbocycles. The molecule has 0 unspecified atom stereocenters. The number of rotatable bonds is 12. The second kappa shape index (κ2) is 13.8. The summed E-state index contributed by atoms with van der Waals surface area (Å²) in [6, 6.07) is 30.7. The summed E-state index contributed by atoms with van der Waals surface area (Å²) in [4.78, 5) is 28.6. The van der Waals surface area contributed by atoms with Gasteiger partial charge in [0, 0.05) is 48.6 Å². The van der Waals surface area contributed by atoms with Crippen LogP contribution >= 0.6 is 35.1 Å². The van der Waals surface area contributed by atoms with E-state index in [1.165, 1.54) is 23.5 Å². The molecular weight excluding hydrogens is 586 g/mol. The summed E-state index contributed by atoms with van der Waals surface area (Å²) in [7, 11) is -3.87. The van der Waals surface area contributed by atoms with Crippen molar-refractivity contribution in [2.24, 2.45) is 5.16 Å². The van der Waals surface area contributed by atoms with Crippen molar-refractivity contribution in [3.8, 4) is 0 Å². The lowest BCUT2D eigenvalue weighted by atomic mass is 10.0. The number of carbonyl (C=O) groups excluding carboxylic acids is 2. The highest BCUT2D eigenvalue weighted by atomic mass is 35.5. The highest BCUT2D eigenvalue weighted by molar-refractivity contribution is 7.99. The molecule has 0 saturated carbocycles. The van der Waals surface area contributed by atoms with Gasteiger partial charge in [0.2, 0.25) is 5.78 Å². The normalized spacial score (nSPS) is 11.7. The van der Waals surface area contributed by atoms with E-state index in [1.807, 2.05) is 42.5 Å². The van der Waals surface area contributed by atoms with Gasteiger partial charge in [0.05, 0.1) is 6.26 Å². The first-order valence-electron chi connectivity index (χ1n) is 12.0. The minimum Gasteiger partial charge on any atom is -0.289 e. The number of ketones is 2. The first-order chi connectivity index (χ1) is 19.2. The van der Waals surface area contributed by atoms with E-state index in [-0.39, 0.29) is 17.9 Å². The Balaban J connectivity index is 1.41. The van der Waals surface area contributed by atoms with Crippen molar-refractivity contribution in [3.05, 3.63) is 125 Å². The van der Waals surface area contributed by atoms with E-state index in [9.17, 15) is 18.0 Å². The number of thioether (sulfide) groups is 1. The summed E-state index contributed by atoms with van der Waals surface area (Å²) in [6.45, 7) is 0. The molecule has 0 bridgehead atoms. The third-order valence-electron chi connectivity index (χ3n) is 5.47. The van der Waals surface area contributed by atoms with Crippen molar-refractivity contribution >= 4 is 62.5 Å². The summed E-state index contributed by atoms with van der Waals surface area (Å²) >= 11 is 8.90. The second-order valence-corrected chi connectivity index (χ2v) is 12.9. The zero-order valence-electron chi connectivity index (χ0n) is 21.3. The Morgan fingerprint density at radius 1 is 0.750 bits per heavy atom. The Morgan fingerprint density at radius 2 is 1.27 bits per heavy atom. The molecule has 4 aromatic rings. The fraction of sp³-hybridized carbons (Fsp3) is 0.100. The molecule has 0 aliphatic rings. The van der Waals surface area contributed by atoms with Gasteiger partial charge in [0.1, 0.15) is 5.71 Å². The topological polar surface area (TPSA) is 89.9 Å². The highest BCUT2D eigenvalue weighted by Crippen LogP contribution is 2.29. The smallest absolute Gasteiger partial charge is 0.289 e. The summed E-state index contributed by atoms with van der Waals surface area (Å²) in [5, 5.41) is 4.29. The summed E-state index contributed by atoms with van der Waals surface area (Å²) in [5.41, 5.74) is 1.61. The molecule has 0 aliphatic heterocycles. The maximum Gasteiger partial charge on any atom is 0.325 e. The maximum atomic E-state index is 13.2. The van der Waals surface area contributed by atoms with Crippen LogP contribution in [0.2, 0.25) is 5.02 Å². The number of hydrogen-bond donors (Lipinski definition) is 0. The minimum absolute atomic E-state index is 0.00552. The fourth-order valence-electron chi connectivity index (χ4n) is 3.52. The molecule has 0 spiro atoms. The van der Waals surface area contributed by atoms with Crippen molar-refractivity contribution in [1.82, 2.24) is 0 Å². The van der Waals surface area contributed by atoms with E-state index >= 15 is 0 Å². The van der Waals surface area contributed by atoms with Gasteiger partial charge in [-0.15, -0.1) is 11.8 Å². The highest BCUT2D eigenvalue weighted by Gasteiger charge is 2.17. The number of Topliss-reactive ketones (excluding diaryl/α,β-unsaturated/α-hetero) is 1. The van der Waals surface area contributed by atoms with Crippen LogP contribution in [0.15, 0.2) is 123 Å². The van der Waals surface area contributed by atoms with E-state index in [0.29, 0.717) is 27.5 Å². The van der Waals surface area contributed by atoms with Crippen LogP contribution in [0.3, 0.4) is 0 Å². The lowest BCUT2D eigenvalue weighted by Crippen LogP contribution is -2.17. The number of oxime groups is 1.